The Labute approximate surface area is 273 Å². The highest BCUT2D eigenvalue weighted by atomic mass is 16.5. The molecule has 5 amide bonds. The molecule has 0 aliphatic heterocycles. The molecule has 0 saturated carbocycles. The summed E-state index contributed by atoms with van der Waals surface area (Å²) in [6.07, 6.45) is 2.66. The molecule has 11 heteroatoms. The zero-order valence-corrected chi connectivity index (χ0v) is 25.9. The van der Waals surface area contributed by atoms with Gasteiger partial charge in [0, 0.05) is 45.0 Å². The Balaban J connectivity index is 1.44. The lowest BCUT2D eigenvalue weighted by Crippen LogP contribution is -2.50. The van der Waals surface area contributed by atoms with Gasteiger partial charge in [-0.1, -0.05) is 91.0 Å². The number of aromatic nitrogens is 1. The van der Waals surface area contributed by atoms with Gasteiger partial charge in [0.15, 0.2) is 0 Å². The summed E-state index contributed by atoms with van der Waals surface area (Å²) in [6, 6.07) is 30.1. The Morgan fingerprint density at radius 3 is 1.91 bits per heavy atom. The van der Waals surface area contributed by atoms with Gasteiger partial charge in [-0.3, -0.25) is 24.3 Å². The molecule has 0 atom stereocenters. The van der Waals surface area contributed by atoms with Crippen molar-refractivity contribution < 1.29 is 28.7 Å². The summed E-state index contributed by atoms with van der Waals surface area (Å²) in [5.74, 6) is -2.23. The van der Waals surface area contributed by atoms with Gasteiger partial charge in [-0.05, 0) is 40.8 Å². The summed E-state index contributed by atoms with van der Waals surface area (Å²) in [6.45, 7) is -0.420. The first-order valence-corrected chi connectivity index (χ1v) is 15.2. The summed E-state index contributed by atoms with van der Waals surface area (Å²) >= 11 is 0. The van der Waals surface area contributed by atoms with Crippen LogP contribution in [0.4, 0.5) is 9.59 Å². The average Bonchev–Trinajstić information content (AvgIpc) is 3.11. The maximum absolute atomic E-state index is 14.0. The van der Waals surface area contributed by atoms with E-state index in [0.29, 0.717) is 12.0 Å². The number of pyridine rings is 1. The van der Waals surface area contributed by atoms with Crippen LogP contribution in [-0.2, 0) is 45.2 Å². The number of amides is 5. The first kappa shape index (κ1) is 34.0. The predicted molar refractivity (Wildman–Crippen MR) is 174 cm³/mol. The van der Waals surface area contributed by atoms with E-state index in [4.69, 9.17) is 4.74 Å². The highest BCUT2D eigenvalue weighted by Gasteiger charge is 2.29. The molecule has 1 heterocycles. The SMILES string of the molecule is O=C(NCCC(=O)N(CCc1ccncc1)C(=O)N(CC(=O)C(=O)NCc1ccccc1)Cc1ccccc1)OCc1ccccc1. The molecule has 0 saturated heterocycles. The van der Waals surface area contributed by atoms with E-state index in [1.165, 1.54) is 4.90 Å². The van der Waals surface area contributed by atoms with Crippen LogP contribution in [0, 0.1) is 0 Å². The lowest BCUT2D eigenvalue weighted by molar-refractivity contribution is -0.138. The molecule has 0 aliphatic rings. The molecular weight excluding hydrogens is 598 g/mol. The van der Waals surface area contributed by atoms with E-state index in [1.807, 2.05) is 66.7 Å². The van der Waals surface area contributed by atoms with Gasteiger partial charge in [0.25, 0.3) is 5.91 Å². The van der Waals surface area contributed by atoms with Crippen molar-refractivity contribution in [1.29, 1.82) is 0 Å². The first-order chi connectivity index (χ1) is 22.9. The zero-order valence-electron chi connectivity index (χ0n) is 25.9. The molecule has 242 valence electrons. The highest BCUT2D eigenvalue weighted by molar-refractivity contribution is 6.37. The predicted octanol–water partition coefficient (Wildman–Crippen LogP) is 4.28. The summed E-state index contributed by atoms with van der Waals surface area (Å²) in [5, 5.41) is 5.15. The topological polar surface area (TPSA) is 138 Å². The number of ketones is 1. The maximum atomic E-state index is 14.0. The highest BCUT2D eigenvalue weighted by Crippen LogP contribution is 2.12. The molecule has 0 spiro atoms. The molecule has 11 nitrogen and oxygen atoms in total. The third-order valence-corrected chi connectivity index (χ3v) is 7.10. The molecule has 0 unspecified atom stereocenters. The maximum Gasteiger partial charge on any atom is 0.407 e. The number of Topliss-reactive ketones (excluding diaryl/α,β-unsaturated/α-hetero) is 1. The van der Waals surface area contributed by atoms with E-state index >= 15 is 0 Å². The molecule has 0 bridgehead atoms. The molecule has 0 fully saturated rings. The minimum atomic E-state index is -0.840. The van der Waals surface area contributed by atoms with Gasteiger partial charge >= 0.3 is 12.1 Å². The van der Waals surface area contributed by atoms with E-state index in [1.54, 1.807) is 48.8 Å². The molecule has 0 aliphatic carbocycles. The van der Waals surface area contributed by atoms with Crippen LogP contribution in [0.5, 0.6) is 0 Å². The van der Waals surface area contributed by atoms with Crippen molar-refractivity contribution >= 4 is 29.7 Å². The fourth-order valence-corrected chi connectivity index (χ4v) is 4.59. The smallest absolute Gasteiger partial charge is 0.407 e. The zero-order chi connectivity index (χ0) is 33.3. The number of urea groups is 1. The van der Waals surface area contributed by atoms with Crippen LogP contribution in [0.2, 0.25) is 0 Å². The Bertz CT molecular complexity index is 1600. The van der Waals surface area contributed by atoms with E-state index in [0.717, 1.165) is 21.6 Å². The molecule has 3 aromatic carbocycles. The monoisotopic (exact) mass is 635 g/mol. The largest absolute Gasteiger partial charge is 0.445 e. The van der Waals surface area contributed by atoms with Gasteiger partial charge < -0.3 is 20.3 Å². The number of carbonyl (C=O) groups excluding carboxylic acids is 5. The Morgan fingerprint density at radius 1 is 0.681 bits per heavy atom. The Hall–Kier alpha value is -5.84. The van der Waals surface area contributed by atoms with Crippen LogP contribution in [0.1, 0.15) is 28.7 Å². The summed E-state index contributed by atoms with van der Waals surface area (Å²) in [5.41, 5.74) is 3.19. The van der Waals surface area contributed by atoms with Gasteiger partial charge in [0.2, 0.25) is 11.7 Å². The fraction of sp³-hybridized carbons (Fsp3) is 0.222. The van der Waals surface area contributed by atoms with Crippen molar-refractivity contribution in [3.8, 4) is 0 Å². The van der Waals surface area contributed by atoms with Crippen molar-refractivity contribution in [3.63, 3.8) is 0 Å². The van der Waals surface area contributed by atoms with E-state index in [9.17, 15) is 24.0 Å². The third kappa shape index (κ3) is 11.5. The van der Waals surface area contributed by atoms with Crippen molar-refractivity contribution in [2.75, 3.05) is 19.6 Å². The Morgan fingerprint density at radius 2 is 1.28 bits per heavy atom. The van der Waals surface area contributed by atoms with Gasteiger partial charge in [0.05, 0.1) is 6.54 Å². The van der Waals surface area contributed by atoms with Crippen molar-refractivity contribution in [2.24, 2.45) is 0 Å². The fourth-order valence-electron chi connectivity index (χ4n) is 4.59. The number of benzene rings is 3. The van der Waals surface area contributed by atoms with E-state index in [-0.39, 0.29) is 39.2 Å². The minimum absolute atomic E-state index is 0.000181. The summed E-state index contributed by atoms with van der Waals surface area (Å²) in [7, 11) is 0. The van der Waals surface area contributed by atoms with Crippen molar-refractivity contribution in [2.45, 2.75) is 32.5 Å². The Kier molecular flexibility index (Phi) is 13.2. The number of carbonyl (C=O) groups is 5. The van der Waals surface area contributed by atoms with Crippen molar-refractivity contribution in [3.05, 3.63) is 138 Å². The molecular formula is C36H37N5O6. The quantitative estimate of drug-likeness (QED) is 0.186. The minimum Gasteiger partial charge on any atom is -0.445 e. The molecule has 0 radical (unpaired) electrons. The standard InChI is InChI=1S/C36H37N5O6/c42-32(34(44)39-24-29-10-4-1-5-11-29)26-40(25-30-12-6-2-7-13-30)36(46)41(23-19-28-16-20-37-21-17-28)33(43)18-22-38-35(45)47-27-31-14-8-3-9-15-31/h1-17,20-21H,18-19,22-27H2,(H,38,45)(H,39,44). The molecule has 1 aromatic heterocycles. The summed E-state index contributed by atoms with van der Waals surface area (Å²) in [4.78, 5) is 71.9. The average molecular weight is 636 g/mol. The second-order valence-corrected chi connectivity index (χ2v) is 10.6. The van der Waals surface area contributed by atoms with E-state index < -0.39 is 36.3 Å². The lowest BCUT2D eigenvalue weighted by Gasteiger charge is -2.29. The number of hydrogen-bond donors (Lipinski definition) is 2. The first-order valence-electron chi connectivity index (χ1n) is 15.2. The number of imide groups is 1. The van der Waals surface area contributed by atoms with Crippen LogP contribution in [0.25, 0.3) is 0 Å². The van der Waals surface area contributed by atoms with Crippen LogP contribution in [0.3, 0.4) is 0 Å². The lowest BCUT2D eigenvalue weighted by atomic mass is 10.2. The van der Waals surface area contributed by atoms with Gasteiger partial charge in [-0.15, -0.1) is 0 Å². The normalized spacial score (nSPS) is 10.4. The number of ether oxygens (including phenoxy) is 1. The van der Waals surface area contributed by atoms with Crippen LogP contribution >= 0.6 is 0 Å². The number of rotatable bonds is 15. The van der Waals surface area contributed by atoms with Gasteiger partial charge in [0.1, 0.15) is 6.61 Å². The van der Waals surface area contributed by atoms with Gasteiger partial charge in [-0.25, -0.2) is 9.59 Å². The molecule has 4 aromatic rings. The molecule has 47 heavy (non-hydrogen) atoms. The number of hydrogen-bond acceptors (Lipinski definition) is 7. The number of nitrogens with zero attached hydrogens (tertiary/aromatic N) is 3. The second kappa shape index (κ2) is 18.2. The third-order valence-electron chi connectivity index (χ3n) is 7.10. The second-order valence-electron chi connectivity index (χ2n) is 10.6. The van der Waals surface area contributed by atoms with Crippen molar-refractivity contribution in [1.82, 2.24) is 25.4 Å². The summed E-state index contributed by atoms with van der Waals surface area (Å²) < 4.78 is 5.21. The molecule has 2 N–H and O–H groups in total. The van der Waals surface area contributed by atoms with Crippen LogP contribution < -0.4 is 10.6 Å². The van der Waals surface area contributed by atoms with E-state index in [2.05, 4.69) is 15.6 Å². The van der Waals surface area contributed by atoms with Crippen LogP contribution in [-0.4, -0.2) is 64.1 Å². The number of alkyl carbamates (subject to hydrolysis) is 1. The number of nitrogens with one attached hydrogen (secondary N) is 2. The molecule has 4 rings (SSSR count). The van der Waals surface area contributed by atoms with Crippen LogP contribution in [0.15, 0.2) is 116 Å². The van der Waals surface area contributed by atoms with Gasteiger partial charge in [-0.2, -0.15) is 0 Å².